The molecule has 11 nitrogen and oxygen atoms in total. The maximum atomic E-state index is 12.5. The number of rotatable bonds is 9. The summed E-state index contributed by atoms with van der Waals surface area (Å²) in [7, 11) is 0. The molecule has 0 aromatic heterocycles. The normalized spacial score (nSPS) is 17.8. The summed E-state index contributed by atoms with van der Waals surface area (Å²) < 4.78 is 0. The molecule has 30 heavy (non-hydrogen) atoms. The summed E-state index contributed by atoms with van der Waals surface area (Å²) in [6.45, 7) is -0.943. The van der Waals surface area contributed by atoms with E-state index in [1.165, 1.54) is 12.1 Å². The number of nitrogens with two attached hydrogens (primary N) is 1. The van der Waals surface area contributed by atoms with Crippen molar-refractivity contribution in [2.24, 2.45) is 5.73 Å². The van der Waals surface area contributed by atoms with Gasteiger partial charge in [-0.3, -0.25) is 14.4 Å². The van der Waals surface area contributed by atoms with Crippen LogP contribution in [0.15, 0.2) is 24.3 Å². The zero-order chi connectivity index (χ0) is 22.3. The molecule has 1 aliphatic heterocycles. The molecule has 11 heteroatoms. The lowest BCUT2D eigenvalue weighted by Gasteiger charge is -2.26. The summed E-state index contributed by atoms with van der Waals surface area (Å²) in [4.78, 5) is 49.0. The van der Waals surface area contributed by atoms with Gasteiger partial charge in [0.15, 0.2) is 0 Å². The summed E-state index contributed by atoms with van der Waals surface area (Å²) in [5.74, 6) is -3.05. The topological polar surface area (TPSA) is 182 Å². The van der Waals surface area contributed by atoms with E-state index in [1.807, 2.05) is 0 Å². The van der Waals surface area contributed by atoms with Crippen molar-refractivity contribution in [1.29, 1.82) is 0 Å². The molecule has 3 atom stereocenters. The highest BCUT2D eigenvalue weighted by molar-refractivity contribution is 5.92. The van der Waals surface area contributed by atoms with Crippen LogP contribution in [0.5, 0.6) is 5.75 Å². The Labute approximate surface area is 172 Å². The van der Waals surface area contributed by atoms with Crippen molar-refractivity contribution >= 4 is 23.7 Å². The summed E-state index contributed by atoms with van der Waals surface area (Å²) in [6.07, 6.45) is 1.02. The second-order valence-corrected chi connectivity index (χ2v) is 7.03. The van der Waals surface area contributed by atoms with E-state index in [9.17, 15) is 34.5 Å². The minimum Gasteiger partial charge on any atom is -0.508 e. The van der Waals surface area contributed by atoms with Crippen molar-refractivity contribution in [3.05, 3.63) is 29.8 Å². The zero-order valence-corrected chi connectivity index (χ0v) is 16.3. The Kier molecular flexibility index (Phi) is 8.13. The first-order valence-electron chi connectivity index (χ1n) is 9.47. The number of carboxylic acids is 1. The van der Waals surface area contributed by atoms with Gasteiger partial charge in [-0.15, -0.1) is 0 Å². The molecule has 1 heterocycles. The van der Waals surface area contributed by atoms with Gasteiger partial charge in [0, 0.05) is 6.54 Å². The first kappa shape index (κ1) is 23.1. The van der Waals surface area contributed by atoms with E-state index >= 15 is 0 Å². The number of carbonyl (C=O) groups excluding carboxylic acids is 3. The number of aliphatic carboxylic acids is 1. The Morgan fingerprint density at radius 1 is 1.20 bits per heavy atom. The molecule has 3 amide bonds. The number of aliphatic hydroxyl groups excluding tert-OH is 1. The minimum atomic E-state index is -1.31. The fourth-order valence-corrected chi connectivity index (χ4v) is 3.20. The Morgan fingerprint density at radius 3 is 2.47 bits per heavy atom. The number of nitrogens with zero attached hydrogens (tertiary/aromatic N) is 1. The summed E-state index contributed by atoms with van der Waals surface area (Å²) in [5, 5.41) is 32.5. The van der Waals surface area contributed by atoms with Crippen LogP contribution in [-0.4, -0.2) is 81.7 Å². The number of hydrogen-bond donors (Lipinski definition) is 6. The summed E-state index contributed by atoms with van der Waals surface area (Å²) in [5.41, 5.74) is 6.54. The van der Waals surface area contributed by atoms with Crippen LogP contribution in [0, 0.1) is 0 Å². The Balaban J connectivity index is 1.83. The molecule has 7 N–H and O–H groups in total. The highest BCUT2D eigenvalue weighted by Gasteiger charge is 2.37. The van der Waals surface area contributed by atoms with Gasteiger partial charge >= 0.3 is 5.97 Å². The number of phenols is 1. The molecule has 164 valence electrons. The number of aromatic hydroxyl groups is 1. The minimum absolute atomic E-state index is 0.0880. The van der Waals surface area contributed by atoms with Gasteiger partial charge < -0.3 is 36.6 Å². The first-order chi connectivity index (χ1) is 14.2. The number of amides is 3. The van der Waals surface area contributed by atoms with Gasteiger partial charge in [0.25, 0.3) is 0 Å². The number of carboxylic acid groups (broad SMARTS) is 1. The van der Waals surface area contributed by atoms with Crippen LogP contribution in [0.3, 0.4) is 0 Å². The number of likely N-dealkylation sites (tertiary alicyclic amines) is 1. The number of carbonyl (C=O) groups is 4. The van der Waals surface area contributed by atoms with Crippen molar-refractivity contribution in [1.82, 2.24) is 15.5 Å². The number of hydrogen-bond acceptors (Lipinski definition) is 7. The van der Waals surface area contributed by atoms with E-state index in [4.69, 9.17) is 5.73 Å². The SMILES string of the molecule is NC(Cc1ccc(O)cc1)C(=O)NCC(=O)NC(CO)C(=O)N1CCCC1C(=O)O. The van der Waals surface area contributed by atoms with Gasteiger partial charge in [0.2, 0.25) is 17.7 Å². The first-order valence-corrected chi connectivity index (χ1v) is 9.47. The average molecular weight is 422 g/mol. The van der Waals surface area contributed by atoms with E-state index in [2.05, 4.69) is 10.6 Å². The molecule has 1 saturated heterocycles. The molecule has 1 aliphatic rings. The van der Waals surface area contributed by atoms with E-state index in [1.54, 1.807) is 12.1 Å². The number of phenolic OH excluding ortho intramolecular Hbond substituents is 1. The van der Waals surface area contributed by atoms with Crippen molar-refractivity contribution in [3.63, 3.8) is 0 Å². The van der Waals surface area contributed by atoms with Crippen LogP contribution < -0.4 is 16.4 Å². The van der Waals surface area contributed by atoms with Crippen molar-refractivity contribution in [2.75, 3.05) is 19.7 Å². The van der Waals surface area contributed by atoms with Crippen LogP contribution >= 0.6 is 0 Å². The highest BCUT2D eigenvalue weighted by Crippen LogP contribution is 2.18. The highest BCUT2D eigenvalue weighted by atomic mass is 16.4. The summed E-state index contributed by atoms with van der Waals surface area (Å²) in [6, 6.07) is 2.95. The monoisotopic (exact) mass is 422 g/mol. The van der Waals surface area contributed by atoms with E-state index < -0.39 is 55.0 Å². The van der Waals surface area contributed by atoms with Crippen molar-refractivity contribution in [2.45, 2.75) is 37.4 Å². The lowest BCUT2D eigenvalue weighted by atomic mass is 10.1. The molecule has 0 aliphatic carbocycles. The molecular formula is C19H26N4O7. The third kappa shape index (κ3) is 6.16. The predicted molar refractivity (Wildman–Crippen MR) is 104 cm³/mol. The van der Waals surface area contributed by atoms with Gasteiger partial charge in [-0.2, -0.15) is 0 Å². The molecule has 1 aromatic carbocycles. The van der Waals surface area contributed by atoms with Gasteiger partial charge in [-0.05, 0) is 37.0 Å². The second kappa shape index (κ2) is 10.6. The van der Waals surface area contributed by atoms with Crippen molar-refractivity contribution < 1.29 is 34.5 Å². The van der Waals surface area contributed by atoms with Gasteiger partial charge in [-0.25, -0.2) is 4.79 Å². The van der Waals surface area contributed by atoms with Gasteiger partial charge in [-0.1, -0.05) is 12.1 Å². The molecule has 0 spiro atoms. The fourth-order valence-electron chi connectivity index (χ4n) is 3.20. The van der Waals surface area contributed by atoms with Crippen LogP contribution in [0.4, 0.5) is 0 Å². The molecule has 2 rings (SSSR count). The van der Waals surface area contributed by atoms with Gasteiger partial charge in [0.1, 0.15) is 17.8 Å². The van der Waals surface area contributed by atoms with E-state index in [0.29, 0.717) is 12.8 Å². The smallest absolute Gasteiger partial charge is 0.326 e. The number of nitrogens with one attached hydrogen (secondary N) is 2. The lowest BCUT2D eigenvalue weighted by Crippen LogP contribution is -2.55. The standard InChI is InChI=1S/C19H26N4O7/c20-13(8-11-3-5-12(25)6-4-11)17(27)21-9-16(26)22-14(10-24)18(28)23-7-1-2-15(23)19(29)30/h3-6,13-15,24-25H,1-2,7-10,20H2,(H,21,27)(H,22,26)(H,29,30). The molecule has 0 saturated carbocycles. The summed E-state index contributed by atoms with van der Waals surface area (Å²) >= 11 is 0. The molecule has 0 bridgehead atoms. The Hall–Kier alpha value is -3.18. The van der Waals surface area contributed by atoms with Gasteiger partial charge in [0.05, 0.1) is 19.2 Å². The molecule has 1 fully saturated rings. The fraction of sp³-hybridized carbons (Fsp3) is 0.474. The Bertz CT molecular complexity index is 784. The molecular weight excluding hydrogens is 396 g/mol. The second-order valence-electron chi connectivity index (χ2n) is 7.03. The third-order valence-electron chi connectivity index (χ3n) is 4.79. The van der Waals surface area contributed by atoms with Crippen molar-refractivity contribution in [3.8, 4) is 5.75 Å². The quantitative estimate of drug-likeness (QED) is 0.262. The predicted octanol–water partition coefficient (Wildman–Crippen LogP) is -2.07. The van der Waals surface area contributed by atoms with Crippen LogP contribution in [0.2, 0.25) is 0 Å². The number of benzene rings is 1. The van der Waals surface area contributed by atoms with Crippen LogP contribution in [0.1, 0.15) is 18.4 Å². The van der Waals surface area contributed by atoms with E-state index in [-0.39, 0.29) is 18.7 Å². The zero-order valence-electron chi connectivity index (χ0n) is 16.3. The average Bonchev–Trinajstić information content (AvgIpc) is 3.21. The maximum absolute atomic E-state index is 12.5. The number of aliphatic hydroxyl groups is 1. The molecule has 3 unspecified atom stereocenters. The molecule has 0 radical (unpaired) electrons. The molecule has 1 aromatic rings. The van der Waals surface area contributed by atoms with Crippen LogP contribution in [-0.2, 0) is 25.6 Å². The Morgan fingerprint density at radius 2 is 1.87 bits per heavy atom. The largest absolute Gasteiger partial charge is 0.508 e. The lowest BCUT2D eigenvalue weighted by molar-refractivity contribution is -0.149. The van der Waals surface area contributed by atoms with Crippen LogP contribution in [0.25, 0.3) is 0 Å². The van der Waals surface area contributed by atoms with E-state index in [0.717, 1.165) is 10.5 Å². The third-order valence-corrected chi connectivity index (χ3v) is 4.79. The maximum Gasteiger partial charge on any atom is 0.326 e.